The van der Waals surface area contributed by atoms with E-state index in [1.807, 2.05) is 0 Å². The predicted octanol–water partition coefficient (Wildman–Crippen LogP) is -0.745. The van der Waals surface area contributed by atoms with Gasteiger partial charge in [0.1, 0.15) is 5.69 Å². The molecule has 2 aliphatic rings. The van der Waals surface area contributed by atoms with Crippen molar-refractivity contribution in [2.24, 2.45) is 0 Å². The maximum absolute atomic E-state index is 11.4. The summed E-state index contributed by atoms with van der Waals surface area (Å²) in [6.45, 7) is 13.9. The van der Waals surface area contributed by atoms with Crippen molar-refractivity contribution in [1.82, 2.24) is 39.8 Å². The summed E-state index contributed by atoms with van der Waals surface area (Å²) in [5.74, 6) is -1.77. The van der Waals surface area contributed by atoms with Crippen molar-refractivity contribution in [3.05, 3.63) is 93.6 Å². The molecule has 0 amide bonds. The largest absolute Gasteiger partial charge is 1.00 e. The number of carbonyl (C=O) groups is 2. The number of carbonyl (C=O) groups excluding carboxylic acids is 2. The maximum atomic E-state index is 11.4. The van der Waals surface area contributed by atoms with E-state index in [0.717, 1.165) is 37.3 Å². The number of nitrogens with zero attached hydrogens (tertiary/aromatic N) is 8. The van der Waals surface area contributed by atoms with E-state index in [2.05, 4.69) is 99.3 Å². The van der Waals surface area contributed by atoms with E-state index in [4.69, 9.17) is 0 Å². The van der Waals surface area contributed by atoms with Gasteiger partial charge in [-0.2, -0.15) is 0 Å². The topological polar surface area (TPSA) is 134 Å². The molecule has 0 atom stereocenters. The summed E-state index contributed by atoms with van der Waals surface area (Å²) in [4.78, 5) is 26.9. The number of fused-ring (bicyclic) bond motifs is 2. The number of rotatable bonds is 8. The second-order valence-electron chi connectivity index (χ2n) is 11.6. The van der Waals surface area contributed by atoms with Gasteiger partial charge in [0.15, 0.2) is 5.69 Å². The van der Waals surface area contributed by atoms with E-state index < -0.39 is 11.9 Å². The predicted molar refractivity (Wildman–Crippen MR) is 156 cm³/mol. The quantitative estimate of drug-likeness (QED) is 0.190. The van der Waals surface area contributed by atoms with Gasteiger partial charge in [-0.1, -0.05) is 46.8 Å². The van der Waals surface area contributed by atoms with Gasteiger partial charge in [-0.15, -0.1) is 10.2 Å². The van der Waals surface area contributed by atoms with Gasteiger partial charge in [0.25, 0.3) is 0 Å². The molecule has 0 saturated carbocycles. The fourth-order valence-electron chi connectivity index (χ4n) is 5.29. The number of hydrogen-bond acceptors (Lipinski definition) is 10. The molecule has 13 heteroatoms. The van der Waals surface area contributed by atoms with Crippen LogP contribution in [-0.2, 0) is 44.0 Å². The first-order chi connectivity index (χ1) is 20.6. The molecule has 0 N–H and O–H groups in total. The van der Waals surface area contributed by atoms with Crippen LogP contribution in [0.25, 0.3) is 0 Å². The number of benzene rings is 2. The SMILES string of the molecule is CC(C)N1Cc2ccc(Cn3cc(C(=O)[O-])nn3)cc2C1.COC(=O)c1cn(Cc2ccc3c(c2)CN(C(C)C)C3)nn1.[Li+]. The van der Waals surface area contributed by atoms with Gasteiger partial charge in [-0.05, 0) is 61.1 Å². The second kappa shape index (κ2) is 14.3. The third-order valence-electron chi connectivity index (χ3n) is 7.87. The number of aromatic nitrogens is 6. The van der Waals surface area contributed by atoms with Crippen molar-refractivity contribution in [3.8, 4) is 0 Å². The fourth-order valence-corrected chi connectivity index (χ4v) is 5.29. The van der Waals surface area contributed by atoms with Crippen LogP contribution >= 0.6 is 0 Å². The van der Waals surface area contributed by atoms with E-state index in [1.165, 1.54) is 40.2 Å². The minimum atomic E-state index is -1.30. The summed E-state index contributed by atoms with van der Waals surface area (Å²) in [6, 6.07) is 14.0. The Kier molecular flexibility index (Phi) is 10.8. The van der Waals surface area contributed by atoms with Gasteiger partial charge < -0.3 is 14.6 Å². The molecular formula is C31H37LiN8O4. The van der Waals surface area contributed by atoms with Gasteiger partial charge in [0, 0.05) is 38.3 Å². The monoisotopic (exact) mass is 592 g/mol. The maximum Gasteiger partial charge on any atom is 1.00 e. The molecule has 4 heterocycles. The van der Waals surface area contributed by atoms with Gasteiger partial charge in [0.05, 0.1) is 38.6 Å². The Balaban J connectivity index is 0.000000197. The summed E-state index contributed by atoms with van der Waals surface area (Å²) >= 11 is 0. The third-order valence-corrected chi connectivity index (χ3v) is 7.87. The Labute approximate surface area is 269 Å². The number of carboxylic acid groups (broad SMARTS) is 1. The van der Waals surface area contributed by atoms with E-state index >= 15 is 0 Å². The average molecular weight is 593 g/mol. The van der Waals surface area contributed by atoms with Crippen LogP contribution in [0, 0.1) is 0 Å². The van der Waals surface area contributed by atoms with Crippen molar-refractivity contribution in [1.29, 1.82) is 0 Å². The summed E-state index contributed by atoms with van der Waals surface area (Å²) in [7, 11) is 1.34. The average Bonchev–Trinajstić information content (AvgIpc) is 3.78. The molecule has 4 aromatic rings. The van der Waals surface area contributed by atoms with Crippen molar-refractivity contribution < 1.29 is 38.3 Å². The van der Waals surface area contributed by atoms with Crippen LogP contribution in [0.5, 0.6) is 0 Å². The van der Waals surface area contributed by atoms with E-state index in [9.17, 15) is 14.7 Å². The second-order valence-corrected chi connectivity index (χ2v) is 11.6. The van der Waals surface area contributed by atoms with Crippen molar-refractivity contribution >= 4 is 11.9 Å². The molecule has 0 fully saturated rings. The molecule has 0 spiro atoms. The van der Waals surface area contributed by atoms with Crippen molar-refractivity contribution in [3.63, 3.8) is 0 Å². The Hall–Kier alpha value is -3.82. The van der Waals surface area contributed by atoms with Crippen molar-refractivity contribution in [2.45, 2.75) is 79.0 Å². The first-order valence-electron chi connectivity index (χ1n) is 14.4. The molecule has 44 heavy (non-hydrogen) atoms. The molecule has 0 bridgehead atoms. The Bertz CT molecular complexity index is 1620. The molecule has 0 radical (unpaired) electrons. The molecule has 12 nitrogen and oxygen atoms in total. The molecule has 2 aliphatic heterocycles. The van der Waals surface area contributed by atoms with E-state index in [-0.39, 0.29) is 30.2 Å². The normalized spacial score (nSPS) is 14.2. The van der Waals surface area contributed by atoms with Crippen LogP contribution in [0.4, 0.5) is 0 Å². The zero-order valence-electron chi connectivity index (χ0n) is 26.2. The van der Waals surface area contributed by atoms with E-state index in [1.54, 1.807) is 10.9 Å². The summed E-state index contributed by atoms with van der Waals surface area (Å²) in [6.07, 6.45) is 3.00. The van der Waals surface area contributed by atoms with Crippen LogP contribution in [0.1, 0.15) is 82.1 Å². The number of hydrogen-bond donors (Lipinski definition) is 0. The zero-order valence-corrected chi connectivity index (χ0v) is 26.2. The Morgan fingerprint density at radius 2 is 1.18 bits per heavy atom. The Morgan fingerprint density at radius 3 is 1.59 bits per heavy atom. The summed E-state index contributed by atoms with van der Waals surface area (Å²) < 4.78 is 7.81. The molecule has 2 aromatic carbocycles. The zero-order chi connectivity index (χ0) is 30.7. The van der Waals surface area contributed by atoms with Crippen LogP contribution in [0.2, 0.25) is 0 Å². The summed E-state index contributed by atoms with van der Waals surface area (Å²) in [5.41, 5.74) is 7.81. The third kappa shape index (κ3) is 7.81. The van der Waals surface area contributed by atoms with Gasteiger partial charge in [-0.3, -0.25) is 9.80 Å². The molecule has 0 saturated heterocycles. The Morgan fingerprint density at radius 1 is 0.750 bits per heavy atom. The van der Waals surface area contributed by atoms with Gasteiger partial charge in [-0.25, -0.2) is 14.2 Å². The smallest absolute Gasteiger partial charge is 0.543 e. The minimum Gasteiger partial charge on any atom is -0.543 e. The number of methoxy groups -OCH3 is 1. The number of esters is 1. The van der Waals surface area contributed by atoms with Crippen LogP contribution in [0.15, 0.2) is 48.8 Å². The van der Waals surface area contributed by atoms with Crippen molar-refractivity contribution in [2.75, 3.05) is 7.11 Å². The van der Waals surface area contributed by atoms with E-state index in [0.29, 0.717) is 25.2 Å². The molecule has 0 aliphatic carbocycles. The molecule has 0 unspecified atom stereocenters. The van der Waals surface area contributed by atoms with Crippen LogP contribution in [0.3, 0.4) is 0 Å². The minimum absolute atomic E-state index is 0. The molecule has 2 aromatic heterocycles. The standard InChI is InChI=1S/C16H20N4O2.C15H18N4O2.Li/c1-11(2)19-8-13-5-4-12(6-14(13)9-19)7-20-10-15(17-18-20)16(21)22-3;1-10(2)18-7-12-4-3-11(5-13(12)8-18)6-19-9-14(15(20)21)16-17-19;/h4-6,10-11H,7-9H2,1-3H3;3-5,9-10H,6-8H2,1-2H3,(H,20,21);/q;;+1/p-1. The number of carboxylic acids is 1. The fraction of sp³-hybridized carbons (Fsp3) is 0.419. The molecule has 6 rings (SSSR count). The van der Waals surface area contributed by atoms with Crippen LogP contribution < -0.4 is 24.0 Å². The molecular weight excluding hydrogens is 555 g/mol. The van der Waals surface area contributed by atoms with Gasteiger partial charge >= 0.3 is 24.8 Å². The van der Waals surface area contributed by atoms with Crippen LogP contribution in [-0.4, -0.2) is 70.9 Å². The first kappa shape index (κ1) is 33.1. The first-order valence-corrected chi connectivity index (χ1v) is 14.4. The molecule has 226 valence electrons. The number of ether oxygens (including phenoxy) is 1. The van der Waals surface area contributed by atoms with Gasteiger partial charge in [0.2, 0.25) is 0 Å². The summed E-state index contributed by atoms with van der Waals surface area (Å²) in [5, 5.41) is 25.8. The number of aromatic carboxylic acids is 1.